The van der Waals surface area contributed by atoms with Gasteiger partial charge in [0.2, 0.25) is 0 Å². The van der Waals surface area contributed by atoms with Crippen LogP contribution in [0.25, 0.3) is 0 Å². The van der Waals surface area contributed by atoms with Gasteiger partial charge in [0.05, 0.1) is 5.56 Å². The molecule has 0 aliphatic carbocycles. The van der Waals surface area contributed by atoms with E-state index in [4.69, 9.17) is 17.3 Å². The average molecular weight is 387 g/mol. The third-order valence-corrected chi connectivity index (χ3v) is 3.97. The quantitative estimate of drug-likeness (QED) is 0.603. The van der Waals surface area contributed by atoms with Crippen LogP contribution >= 0.6 is 34.2 Å². The molecule has 0 unspecified atom stereocenters. The molecule has 0 saturated heterocycles. The van der Waals surface area contributed by atoms with E-state index in [1.54, 1.807) is 24.3 Å². The Morgan fingerprint density at radius 3 is 2.79 bits per heavy atom. The zero-order valence-corrected chi connectivity index (χ0v) is 13.1. The number of carbonyl (C=O) groups is 1. The SMILES string of the molecule is Cc1c(N)cccc1NC(=O)c1cc(Cl)ccc1I. The number of hydrogen-bond acceptors (Lipinski definition) is 2. The lowest BCUT2D eigenvalue weighted by Gasteiger charge is -2.11. The average Bonchev–Trinajstić information content (AvgIpc) is 2.38. The predicted molar refractivity (Wildman–Crippen MR) is 87.7 cm³/mol. The minimum atomic E-state index is -0.194. The molecule has 3 N–H and O–H groups in total. The monoisotopic (exact) mass is 386 g/mol. The first-order valence-electron chi connectivity index (χ1n) is 5.60. The van der Waals surface area contributed by atoms with Crippen LogP contribution in [0.2, 0.25) is 5.02 Å². The third-order valence-electron chi connectivity index (χ3n) is 2.80. The Hall–Kier alpha value is -1.27. The second-order valence-electron chi connectivity index (χ2n) is 4.10. The summed E-state index contributed by atoms with van der Waals surface area (Å²) < 4.78 is 0.848. The highest BCUT2D eigenvalue weighted by Gasteiger charge is 2.12. The number of nitrogen functional groups attached to an aromatic ring is 1. The van der Waals surface area contributed by atoms with Crippen LogP contribution in [0.4, 0.5) is 11.4 Å². The molecule has 0 aliphatic heterocycles. The van der Waals surface area contributed by atoms with Crippen LogP contribution in [0.15, 0.2) is 36.4 Å². The van der Waals surface area contributed by atoms with Crippen LogP contribution in [0.1, 0.15) is 15.9 Å². The Morgan fingerprint density at radius 1 is 1.32 bits per heavy atom. The van der Waals surface area contributed by atoms with Gasteiger partial charge in [0.25, 0.3) is 5.91 Å². The molecule has 0 aliphatic rings. The van der Waals surface area contributed by atoms with Crippen LogP contribution < -0.4 is 11.1 Å². The summed E-state index contributed by atoms with van der Waals surface area (Å²) in [7, 11) is 0. The fourth-order valence-corrected chi connectivity index (χ4v) is 2.40. The number of nitrogens with two attached hydrogens (primary N) is 1. The Bertz CT molecular complexity index is 643. The van der Waals surface area contributed by atoms with Gasteiger partial charge in [-0.25, -0.2) is 0 Å². The molecule has 0 radical (unpaired) electrons. The molecule has 19 heavy (non-hydrogen) atoms. The number of halogens is 2. The van der Waals surface area contributed by atoms with E-state index in [9.17, 15) is 4.79 Å². The van der Waals surface area contributed by atoms with Crippen LogP contribution in [0.3, 0.4) is 0 Å². The van der Waals surface area contributed by atoms with Crippen molar-refractivity contribution in [1.29, 1.82) is 0 Å². The molecule has 0 bridgehead atoms. The van der Waals surface area contributed by atoms with Gasteiger partial charge >= 0.3 is 0 Å². The van der Waals surface area contributed by atoms with Gasteiger partial charge in [-0.05, 0) is 65.4 Å². The van der Waals surface area contributed by atoms with Gasteiger partial charge in [-0.3, -0.25) is 4.79 Å². The van der Waals surface area contributed by atoms with Crippen LogP contribution in [-0.4, -0.2) is 5.91 Å². The second kappa shape index (κ2) is 5.79. The summed E-state index contributed by atoms with van der Waals surface area (Å²) in [6.45, 7) is 1.87. The van der Waals surface area contributed by atoms with Gasteiger partial charge < -0.3 is 11.1 Å². The molecule has 0 aromatic heterocycles. The number of rotatable bonds is 2. The Labute approximate surface area is 130 Å². The van der Waals surface area contributed by atoms with Crippen molar-refractivity contribution in [3.05, 3.63) is 56.1 Å². The molecule has 0 heterocycles. The summed E-state index contributed by atoms with van der Waals surface area (Å²) >= 11 is 8.02. The van der Waals surface area contributed by atoms with Gasteiger partial charge in [0.1, 0.15) is 0 Å². The zero-order valence-electron chi connectivity index (χ0n) is 10.2. The summed E-state index contributed by atoms with van der Waals surface area (Å²) in [5, 5.41) is 3.39. The van der Waals surface area contributed by atoms with Gasteiger partial charge in [-0.2, -0.15) is 0 Å². The number of nitrogens with one attached hydrogen (secondary N) is 1. The van der Waals surface area contributed by atoms with E-state index in [1.807, 2.05) is 19.1 Å². The fraction of sp³-hybridized carbons (Fsp3) is 0.0714. The zero-order chi connectivity index (χ0) is 14.0. The molecule has 0 atom stereocenters. The molecule has 1 amide bonds. The summed E-state index contributed by atoms with van der Waals surface area (Å²) in [6, 6.07) is 10.6. The van der Waals surface area contributed by atoms with Crippen molar-refractivity contribution in [2.24, 2.45) is 0 Å². The Balaban J connectivity index is 2.31. The summed E-state index contributed by atoms with van der Waals surface area (Å²) in [6.07, 6.45) is 0. The predicted octanol–water partition coefficient (Wildman–Crippen LogP) is 4.09. The van der Waals surface area contributed by atoms with Crippen molar-refractivity contribution in [3.63, 3.8) is 0 Å². The largest absolute Gasteiger partial charge is 0.398 e. The molecule has 0 fully saturated rings. The van der Waals surface area contributed by atoms with Gasteiger partial charge in [-0.15, -0.1) is 0 Å². The molecule has 2 rings (SSSR count). The van der Waals surface area contributed by atoms with Gasteiger partial charge in [0, 0.05) is 20.0 Å². The molecule has 0 saturated carbocycles. The summed E-state index contributed by atoms with van der Waals surface area (Å²) in [5.41, 5.74) is 8.58. The first-order chi connectivity index (χ1) is 8.99. The molecule has 2 aromatic carbocycles. The summed E-state index contributed by atoms with van der Waals surface area (Å²) in [4.78, 5) is 12.2. The number of carbonyl (C=O) groups excluding carboxylic acids is 1. The second-order valence-corrected chi connectivity index (χ2v) is 5.70. The summed E-state index contributed by atoms with van der Waals surface area (Å²) in [5.74, 6) is -0.194. The highest BCUT2D eigenvalue weighted by Crippen LogP contribution is 2.23. The first-order valence-corrected chi connectivity index (χ1v) is 7.06. The molecule has 2 aromatic rings. The fourth-order valence-electron chi connectivity index (χ4n) is 1.65. The van der Waals surface area contributed by atoms with E-state index in [2.05, 4.69) is 27.9 Å². The molecule has 5 heteroatoms. The molecule has 3 nitrogen and oxygen atoms in total. The molecular weight excluding hydrogens is 375 g/mol. The normalized spacial score (nSPS) is 10.3. The van der Waals surface area contributed by atoms with E-state index < -0.39 is 0 Å². The maximum absolute atomic E-state index is 12.2. The Kier molecular flexibility index (Phi) is 4.31. The Morgan fingerprint density at radius 2 is 2.05 bits per heavy atom. The van der Waals surface area contributed by atoms with Crippen molar-refractivity contribution in [3.8, 4) is 0 Å². The lowest BCUT2D eigenvalue weighted by Crippen LogP contribution is -2.14. The minimum Gasteiger partial charge on any atom is -0.398 e. The van der Waals surface area contributed by atoms with E-state index in [0.717, 1.165) is 9.13 Å². The number of anilines is 2. The van der Waals surface area contributed by atoms with E-state index in [0.29, 0.717) is 22.0 Å². The molecular formula is C14H12ClIN2O. The van der Waals surface area contributed by atoms with Crippen molar-refractivity contribution in [2.45, 2.75) is 6.92 Å². The van der Waals surface area contributed by atoms with Crippen molar-refractivity contribution >= 4 is 51.5 Å². The van der Waals surface area contributed by atoms with Gasteiger partial charge in [0.15, 0.2) is 0 Å². The van der Waals surface area contributed by atoms with Crippen molar-refractivity contribution in [2.75, 3.05) is 11.1 Å². The van der Waals surface area contributed by atoms with Crippen LogP contribution in [0, 0.1) is 10.5 Å². The lowest BCUT2D eigenvalue weighted by molar-refractivity contribution is 0.102. The number of benzene rings is 2. The lowest BCUT2D eigenvalue weighted by atomic mass is 10.1. The topological polar surface area (TPSA) is 55.1 Å². The van der Waals surface area contributed by atoms with E-state index in [1.165, 1.54) is 0 Å². The van der Waals surface area contributed by atoms with Crippen molar-refractivity contribution in [1.82, 2.24) is 0 Å². The third kappa shape index (κ3) is 3.19. The number of amides is 1. The van der Waals surface area contributed by atoms with Crippen LogP contribution in [-0.2, 0) is 0 Å². The van der Waals surface area contributed by atoms with Crippen molar-refractivity contribution < 1.29 is 4.79 Å². The standard InChI is InChI=1S/C14H12ClIN2O/c1-8-12(17)3-2-4-13(8)18-14(19)10-7-9(15)5-6-11(10)16/h2-7H,17H2,1H3,(H,18,19). The van der Waals surface area contributed by atoms with Crippen LogP contribution in [0.5, 0.6) is 0 Å². The molecule has 98 valence electrons. The van der Waals surface area contributed by atoms with E-state index >= 15 is 0 Å². The highest BCUT2D eigenvalue weighted by molar-refractivity contribution is 14.1. The van der Waals surface area contributed by atoms with E-state index in [-0.39, 0.29) is 5.91 Å². The van der Waals surface area contributed by atoms with Gasteiger partial charge in [-0.1, -0.05) is 17.7 Å². The minimum absolute atomic E-state index is 0.194. The highest BCUT2D eigenvalue weighted by atomic mass is 127. The molecule has 0 spiro atoms. The number of hydrogen-bond donors (Lipinski definition) is 2. The maximum Gasteiger partial charge on any atom is 0.256 e. The first kappa shape index (κ1) is 14.1. The maximum atomic E-state index is 12.2. The smallest absolute Gasteiger partial charge is 0.256 e.